The number of carbonyl (C=O) groups excluding carboxylic acids is 2. The number of aromatic nitrogens is 1. The first-order valence-electron chi connectivity index (χ1n) is 12.0. The first-order chi connectivity index (χ1) is 17.2. The number of piperidine rings is 1. The summed E-state index contributed by atoms with van der Waals surface area (Å²) in [5.74, 6) is 0.340. The maximum Gasteiger partial charge on any atom is 0.256 e. The van der Waals surface area contributed by atoms with Crippen molar-refractivity contribution in [2.45, 2.75) is 45.8 Å². The van der Waals surface area contributed by atoms with Crippen LogP contribution in [-0.4, -0.2) is 60.5 Å². The van der Waals surface area contributed by atoms with Crippen LogP contribution in [0, 0.1) is 12.8 Å². The van der Waals surface area contributed by atoms with Crippen LogP contribution in [0.3, 0.4) is 0 Å². The Hall–Kier alpha value is -2.55. The van der Waals surface area contributed by atoms with Gasteiger partial charge in [-0.15, -0.1) is 0 Å². The Morgan fingerprint density at radius 2 is 1.86 bits per heavy atom. The highest BCUT2D eigenvalue weighted by Crippen LogP contribution is 2.42. The highest BCUT2D eigenvalue weighted by Gasteiger charge is 2.35. The maximum atomic E-state index is 13.7. The molecule has 2 aliphatic rings. The minimum absolute atomic E-state index is 0.0620. The summed E-state index contributed by atoms with van der Waals surface area (Å²) in [5.41, 5.74) is 2.50. The van der Waals surface area contributed by atoms with Crippen molar-refractivity contribution >= 4 is 35.0 Å². The fourth-order valence-corrected chi connectivity index (χ4v) is 5.98. The monoisotopic (exact) mass is 535 g/mol. The lowest BCUT2D eigenvalue weighted by molar-refractivity contribution is -0.131. The average Bonchev–Trinajstić information content (AvgIpc) is 2.85. The Labute approximate surface area is 220 Å². The third-order valence-corrected chi connectivity index (χ3v) is 7.99. The summed E-state index contributed by atoms with van der Waals surface area (Å²) in [4.78, 5) is 44.2. The highest BCUT2D eigenvalue weighted by molar-refractivity contribution is 6.37. The van der Waals surface area contributed by atoms with Crippen molar-refractivity contribution < 1.29 is 19.1 Å². The van der Waals surface area contributed by atoms with Crippen molar-refractivity contribution in [3.8, 4) is 5.75 Å². The Morgan fingerprint density at radius 3 is 2.47 bits per heavy atom. The van der Waals surface area contributed by atoms with E-state index < -0.39 is 0 Å². The number of ether oxygens (including phenoxy) is 2. The first-order valence-corrected chi connectivity index (χ1v) is 12.8. The van der Waals surface area contributed by atoms with Crippen LogP contribution in [-0.2, 0) is 22.5 Å². The topological polar surface area (TPSA) is 91.9 Å². The maximum absolute atomic E-state index is 13.7. The molecule has 0 aliphatic carbocycles. The molecule has 3 heterocycles. The number of aromatic amines is 1. The first kappa shape index (κ1) is 26.5. The minimum atomic E-state index is -0.363. The third kappa shape index (κ3) is 4.99. The second kappa shape index (κ2) is 10.8. The molecule has 0 saturated carbocycles. The van der Waals surface area contributed by atoms with E-state index in [9.17, 15) is 14.4 Å². The Morgan fingerprint density at radius 1 is 1.17 bits per heavy atom. The van der Waals surface area contributed by atoms with E-state index in [1.54, 1.807) is 31.9 Å². The van der Waals surface area contributed by atoms with Crippen LogP contribution in [0.5, 0.6) is 5.75 Å². The molecular weight excluding hydrogens is 505 g/mol. The number of nitrogens with zero attached hydrogens (tertiary/aromatic N) is 2. The molecule has 0 spiro atoms. The van der Waals surface area contributed by atoms with Crippen LogP contribution in [0.4, 0.5) is 0 Å². The van der Waals surface area contributed by atoms with Crippen molar-refractivity contribution in [1.82, 2.24) is 14.8 Å². The number of benzene rings is 1. The number of H-pyrrole nitrogens is 1. The number of rotatable bonds is 6. The standard InChI is InChI=1S/C26H31Cl2N3O5/c1-14-11-21(35-3)19(25(33)29-14)13-31-10-7-17-20(27)12-18(23(28)22(17)26(31)34)24(36-4)16-5-8-30(9-6-16)15(2)32/h11-12,16,24H,5-10,13H2,1-4H3,(H,29,33). The van der Waals surface area contributed by atoms with Gasteiger partial charge >= 0.3 is 0 Å². The molecule has 2 amide bonds. The number of hydrogen-bond donors (Lipinski definition) is 1. The zero-order chi connectivity index (χ0) is 26.1. The third-order valence-electron chi connectivity index (χ3n) is 7.25. The average molecular weight is 536 g/mol. The summed E-state index contributed by atoms with van der Waals surface area (Å²) in [6.07, 6.45) is 1.68. The zero-order valence-electron chi connectivity index (χ0n) is 21.0. The lowest BCUT2D eigenvalue weighted by atomic mass is 9.85. The summed E-state index contributed by atoms with van der Waals surface area (Å²) < 4.78 is 11.3. The van der Waals surface area contributed by atoms with E-state index >= 15 is 0 Å². The van der Waals surface area contributed by atoms with Crippen molar-refractivity contribution in [2.24, 2.45) is 5.92 Å². The molecule has 1 unspecified atom stereocenters. The summed E-state index contributed by atoms with van der Waals surface area (Å²) in [6.45, 7) is 5.13. The molecule has 4 rings (SSSR count). The number of pyridine rings is 1. The second-order valence-electron chi connectivity index (χ2n) is 9.42. The summed E-state index contributed by atoms with van der Waals surface area (Å²) >= 11 is 13.6. The largest absolute Gasteiger partial charge is 0.496 e. The lowest BCUT2D eigenvalue weighted by Crippen LogP contribution is -2.40. The molecule has 1 aromatic carbocycles. The number of nitrogens with one attached hydrogen (secondary N) is 1. The van der Waals surface area contributed by atoms with Crippen LogP contribution in [0.15, 0.2) is 16.9 Å². The summed E-state index contributed by atoms with van der Waals surface area (Å²) in [5, 5.41) is 0.807. The van der Waals surface area contributed by atoms with E-state index in [-0.39, 0.29) is 35.9 Å². The second-order valence-corrected chi connectivity index (χ2v) is 10.2. The van der Waals surface area contributed by atoms with E-state index in [1.807, 2.05) is 11.0 Å². The SMILES string of the molecule is COc1cc(C)[nH]c(=O)c1CN1CCc2c(Cl)cc(C(OC)C3CCN(C(C)=O)CC3)c(Cl)c2C1=O. The van der Waals surface area contributed by atoms with Gasteiger partial charge in [0.25, 0.3) is 11.5 Å². The van der Waals surface area contributed by atoms with Gasteiger partial charge in [-0.2, -0.15) is 0 Å². The van der Waals surface area contributed by atoms with Crippen molar-refractivity contribution in [2.75, 3.05) is 33.9 Å². The van der Waals surface area contributed by atoms with Gasteiger partial charge in [-0.3, -0.25) is 14.4 Å². The molecule has 194 valence electrons. The van der Waals surface area contributed by atoms with Gasteiger partial charge in [-0.05, 0) is 49.8 Å². The fraction of sp³-hybridized carbons (Fsp3) is 0.500. The van der Waals surface area contributed by atoms with Gasteiger partial charge in [0.05, 0.1) is 35.9 Å². The minimum Gasteiger partial charge on any atom is -0.496 e. The molecule has 1 fully saturated rings. The van der Waals surface area contributed by atoms with E-state index in [0.717, 1.165) is 12.8 Å². The molecule has 8 nitrogen and oxygen atoms in total. The lowest BCUT2D eigenvalue weighted by Gasteiger charge is -2.36. The summed E-state index contributed by atoms with van der Waals surface area (Å²) in [7, 11) is 3.12. The van der Waals surface area contributed by atoms with Crippen molar-refractivity contribution in [1.29, 1.82) is 0 Å². The molecule has 2 aromatic rings. The predicted molar refractivity (Wildman–Crippen MR) is 138 cm³/mol. The number of likely N-dealkylation sites (tertiary alicyclic amines) is 1. The Balaban J connectivity index is 1.65. The van der Waals surface area contributed by atoms with Crippen LogP contribution >= 0.6 is 23.2 Å². The van der Waals surface area contributed by atoms with Gasteiger partial charge < -0.3 is 24.3 Å². The van der Waals surface area contributed by atoms with Crippen LogP contribution in [0.1, 0.15) is 58.6 Å². The number of methoxy groups -OCH3 is 2. The van der Waals surface area contributed by atoms with Crippen LogP contribution in [0.2, 0.25) is 10.0 Å². The van der Waals surface area contributed by atoms with E-state index in [2.05, 4.69) is 4.98 Å². The molecule has 2 aliphatic heterocycles. The van der Waals surface area contributed by atoms with Crippen molar-refractivity contribution in [3.63, 3.8) is 0 Å². The number of carbonyl (C=O) groups is 2. The van der Waals surface area contributed by atoms with Gasteiger partial charge in [0.2, 0.25) is 5.91 Å². The number of aryl methyl sites for hydroxylation is 1. The fourth-order valence-electron chi connectivity index (χ4n) is 5.31. The normalized spacial score (nSPS) is 17.2. The molecule has 10 heteroatoms. The van der Waals surface area contributed by atoms with Gasteiger partial charge in [0.15, 0.2) is 0 Å². The van der Waals surface area contributed by atoms with E-state index in [4.69, 9.17) is 32.7 Å². The number of amides is 2. The van der Waals surface area contributed by atoms with E-state index in [0.29, 0.717) is 69.8 Å². The predicted octanol–water partition coefficient (Wildman–Crippen LogP) is 4.14. The van der Waals surface area contributed by atoms with Crippen molar-refractivity contribution in [3.05, 3.63) is 60.5 Å². The molecule has 1 saturated heterocycles. The van der Waals surface area contributed by atoms with Gasteiger partial charge in [-0.1, -0.05) is 23.2 Å². The number of halogens is 2. The molecule has 36 heavy (non-hydrogen) atoms. The van der Waals surface area contributed by atoms with Gasteiger partial charge in [-0.25, -0.2) is 0 Å². The number of hydrogen-bond acceptors (Lipinski definition) is 5. The molecule has 0 radical (unpaired) electrons. The molecular formula is C26H31Cl2N3O5. The Bertz CT molecular complexity index is 1240. The highest BCUT2D eigenvalue weighted by atomic mass is 35.5. The molecule has 1 atom stereocenters. The zero-order valence-corrected chi connectivity index (χ0v) is 22.5. The molecule has 0 bridgehead atoms. The quantitative estimate of drug-likeness (QED) is 0.599. The number of fused-ring (bicyclic) bond motifs is 1. The van der Waals surface area contributed by atoms with Crippen LogP contribution < -0.4 is 10.3 Å². The van der Waals surface area contributed by atoms with E-state index in [1.165, 1.54) is 7.11 Å². The van der Waals surface area contributed by atoms with Gasteiger partial charge in [0, 0.05) is 49.9 Å². The van der Waals surface area contributed by atoms with Gasteiger partial charge in [0.1, 0.15) is 5.75 Å². The molecule has 1 N–H and O–H groups in total. The van der Waals surface area contributed by atoms with Crippen LogP contribution in [0.25, 0.3) is 0 Å². The smallest absolute Gasteiger partial charge is 0.256 e. The molecule has 1 aromatic heterocycles. The Kier molecular flexibility index (Phi) is 7.97. The summed E-state index contributed by atoms with van der Waals surface area (Å²) in [6, 6.07) is 3.55.